The van der Waals surface area contributed by atoms with E-state index >= 15 is 0 Å². The van der Waals surface area contributed by atoms with Gasteiger partial charge in [-0.2, -0.15) is 12.7 Å². The largest absolute Gasteiger partial charge is 0.375 e. The van der Waals surface area contributed by atoms with Gasteiger partial charge in [0, 0.05) is 43.0 Å². The molecule has 0 unspecified atom stereocenters. The Kier molecular flexibility index (Phi) is 6.52. The van der Waals surface area contributed by atoms with Crippen LogP contribution in [0, 0.1) is 11.6 Å². The third-order valence-corrected chi connectivity index (χ3v) is 9.13. The topological polar surface area (TPSA) is 121 Å². The van der Waals surface area contributed by atoms with Crippen LogP contribution in [0.2, 0.25) is 0 Å². The number of aromatic nitrogens is 3. The number of carbonyl (C=O) groups is 1. The molecule has 13 heteroatoms. The first-order valence-electron chi connectivity index (χ1n) is 12.8. The van der Waals surface area contributed by atoms with Gasteiger partial charge in [-0.3, -0.25) is 4.79 Å². The Hall–Kier alpha value is -3.16. The number of rotatable bonds is 5. The number of ether oxygens (including phenoxy) is 1. The Morgan fingerprint density at radius 3 is 2.34 bits per heavy atom. The molecule has 3 aliphatic rings. The lowest BCUT2D eigenvalue weighted by atomic mass is 9.92. The lowest BCUT2D eigenvalue weighted by Crippen LogP contribution is -2.43. The van der Waals surface area contributed by atoms with Gasteiger partial charge < -0.3 is 14.6 Å². The number of aromatic amines is 1. The molecule has 1 aliphatic carbocycles. The highest BCUT2D eigenvalue weighted by atomic mass is 32.2. The number of hydrogen-bond acceptors (Lipinski definition) is 7. The predicted octanol–water partition coefficient (Wildman–Crippen LogP) is 2.88. The first kappa shape index (κ1) is 25.1. The van der Waals surface area contributed by atoms with Gasteiger partial charge in [-0.05, 0) is 50.7 Å². The quantitative estimate of drug-likeness (QED) is 0.505. The molecule has 1 saturated carbocycles. The number of pyridine rings is 1. The molecule has 3 fully saturated rings. The monoisotopic (exact) mass is 546 g/mol. The molecule has 38 heavy (non-hydrogen) atoms. The number of amides is 1. The van der Waals surface area contributed by atoms with Gasteiger partial charge in [0.2, 0.25) is 5.91 Å². The van der Waals surface area contributed by atoms with E-state index in [4.69, 9.17) is 4.74 Å². The van der Waals surface area contributed by atoms with Crippen molar-refractivity contribution in [2.75, 3.05) is 24.5 Å². The highest BCUT2D eigenvalue weighted by molar-refractivity contribution is 7.88. The second-order valence-electron chi connectivity index (χ2n) is 10.1. The summed E-state index contributed by atoms with van der Waals surface area (Å²) in [7, 11) is -3.69. The molecule has 1 amide bonds. The number of nitrogens with zero attached hydrogens (tertiary/aromatic N) is 4. The van der Waals surface area contributed by atoms with Crippen molar-refractivity contribution < 1.29 is 26.7 Å². The van der Waals surface area contributed by atoms with Crippen molar-refractivity contribution in [2.45, 2.75) is 56.8 Å². The first-order chi connectivity index (χ1) is 18.2. The number of H-pyrrole nitrogens is 1. The second kappa shape index (κ2) is 9.86. The number of carbonyl (C=O) groups excluding carboxylic acids is 1. The molecular formula is C25H28F2N6O4S. The fourth-order valence-corrected chi connectivity index (χ4v) is 6.96. The molecule has 6 rings (SSSR count). The molecule has 0 spiro atoms. The molecule has 2 N–H and O–H groups in total. The van der Waals surface area contributed by atoms with Crippen LogP contribution >= 0.6 is 0 Å². The minimum absolute atomic E-state index is 0.0930. The van der Waals surface area contributed by atoms with Crippen molar-refractivity contribution in [2.24, 2.45) is 0 Å². The van der Waals surface area contributed by atoms with E-state index in [1.165, 1.54) is 4.31 Å². The first-order valence-corrected chi connectivity index (χ1v) is 14.2. The average molecular weight is 547 g/mol. The summed E-state index contributed by atoms with van der Waals surface area (Å²) in [5.41, 5.74) is 1.50. The van der Waals surface area contributed by atoms with Crippen molar-refractivity contribution in [3.8, 4) is 11.4 Å². The smallest absolute Gasteiger partial charge is 0.304 e. The van der Waals surface area contributed by atoms with Crippen molar-refractivity contribution in [3.05, 3.63) is 42.1 Å². The van der Waals surface area contributed by atoms with Gasteiger partial charge >= 0.3 is 10.2 Å². The Morgan fingerprint density at radius 2 is 1.68 bits per heavy atom. The number of hydrogen-bond donors (Lipinski definition) is 2. The number of anilines is 1. The van der Waals surface area contributed by atoms with Crippen molar-refractivity contribution >= 4 is 33.0 Å². The van der Waals surface area contributed by atoms with Crippen LogP contribution in [-0.4, -0.2) is 71.5 Å². The van der Waals surface area contributed by atoms with Crippen molar-refractivity contribution in [1.29, 1.82) is 0 Å². The standard InChI is InChI=1S/C25H28F2N6O4S/c26-19-11-21-22(12-20(19)27)30-25(29-21)15-1-6-23(28-13-15)32-9-7-18(8-10-32)37-17-4-2-16(3-5-17)33-14-24(34)31-38(33,35)36/h1,6,11-13,16-18H,2-5,7-10,14H2,(H,29,30)(H,31,34). The maximum atomic E-state index is 13.5. The van der Waals surface area contributed by atoms with Gasteiger partial charge in [-0.1, -0.05) is 0 Å². The molecule has 0 bridgehead atoms. The third kappa shape index (κ3) is 4.97. The molecule has 2 aromatic heterocycles. The molecule has 1 aromatic carbocycles. The maximum Gasteiger partial charge on any atom is 0.304 e. The van der Waals surface area contributed by atoms with Gasteiger partial charge in [0.15, 0.2) is 11.6 Å². The van der Waals surface area contributed by atoms with Gasteiger partial charge in [-0.25, -0.2) is 23.5 Å². The highest BCUT2D eigenvalue weighted by Crippen LogP contribution is 2.31. The van der Waals surface area contributed by atoms with E-state index in [2.05, 4.69) is 19.9 Å². The van der Waals surface area contributed by atoms with E-state index in [1.807, 2.05) is 16.9 Å². The van der Waals surface area contributed by atoms with E-state index in [1.54, 1.807) is 6.20 Å². The van der Waals surface area contributed by atoms with E-state index in [9.17, 15) is 22.0 Å². The zero-order valence-electron chi connectivity index (χ0n) is 20.6. The molecule has 2 aliphatic heterocycles. The molecule has 202 valence electrons. The molecule has 4 heterocycles. The molecule has 0 atom stereocenters. The van der Waals surface area contributed by atoms with Gasteiger partial charge in [0.1, 0.15) is 11.6 Å². The molecule has 10 nitrogen and oxygen atoms in total. The Labute approximate surface area is 218 Å². The Morgan fingerprint density at radius 1 is 0.974 bits per heavy atom. The second-order valence-corrected chi connectivity index (χ2v) is 11.7. The normalized spacial score (nSPS) is 24.7. The summed E-state index contributed by atoms with van der Waals surface area (Å²) < 4.78 is 60.9. The number of imidazole rings is 1. The van der Waals surface area contributed by atoms with Crippen LogP contribution in [0.25, 0.3) is 22.4 Å². The highest BCUT2D eigenvalue weighted by Gasteiger charge is 2.40. The molecular weight excluding hydrogens is 518 g/mol. The summed E-state index contributed by atoms with van der Waals surface area (Å²) in [5.74, 6) is -0.986. The van der Waals surface area contributed by atoms with Crippen molar-refractivity contribution in [1.82, 2.24) is 24.0 Å². The van der Waals surface area contributed by atoms with E-state index in [0.29, 0.717) is 29.7 Å². The summed E-state index contributed by atoms with van der Waals surface area (Å²) in [6.45, 7) is 1.51. The van der Waals surface area contributed by atoms with Crippen LogP contribution in [0.15, 0.2) is 30.5 Å². The van der Waals surface area contributed by atoms with Gasteiger partial charge in [0.05, 0.1) is 29.8 Å². The van der Waals surface area contributed by atoms with Gasteiger partial charge in [-0.15, -0.1) is 0 Å². The van der Waals surface area contributed by atoms with Crippen LogP contribution in [-0.2, 0) is 19.7 Å². The average Bonchev–Trinajstić information content (AvgIpc) is 3.43. The molecule has 2 saturated heterocycles. The summed E-state index contributed by atoms with van der Waals surface area (Å²) in [5, 5.41) is 0. The zero-order valence-corrected chi connectivity index (χ0v) is 21.4. The summed E-state index contributed by atoms with van der Waals surface area (Å²) in [6, 6.07) is 5.81. The van der Waals surface area contributed by atoms with Crippen molar-refractivity contribution in [3.63, 3.8) is 0 Å². The summed E-state index contributed by atoms with van der Waals surface area (Å²) in [4.78, 5) is 25.7. The predicted molar refractivity (Wildman–Crippen MR) is 135 cm³/mol. The lowest BCUT2D eigenvalue weighted by Gasteiger charge is -2.37. The fraction of sp³-hybridized carbons (Fsp3) is 0.480. The maximum absolute atomic E-state index is 13.5. The summed E-state index contributed by atoms with van der Waals surface area (Å²) in [6.07, 6.45) is 6.58. The van der Waals surface area contributed by atoms with Crippen LogP contribution in [0.4, 0.5) is 14.6 Å². The Balaban J connectivity index is 0.999. The van der Waals surface area contributed by atoms with Crippen LogP contribution < -0.4 is 9.62 Å². The number of halogens is 2. The van der Waals surface area contributed by atoms with Crippen LogP contribution in [0.3, 0.4) is 0 Å². The fourth-order valence-electron chi connectivity index (χ4n) is 5.60. The molecule has 0 radical (unpaired) electrons. The third-order valence-electron chi connectivity index (χ3n) is 7.60. The van der Waals surface area contributed by atoms with E-state index in [0.717, 1.165) is 62.3 Å². The number of nitrogens with one attached hydrogen (secondary N) is 2. The zero-order chi connectivity index (χ0) is 26.4. The molecule has 3 aromatic rings. The van der Waals surface area contributed by atoms with E-state index in [-0.39, 0.29) is 24.8 Å². The van der Waals surface area contributed by atoms with Crippen LogP contribution in [0.5, 0.6) is 0 Å². The van der Waals surface area contributed by atoms with E-state index < -0.39 is 27.8 Å². The van der Waals surface area contributed by atoms with Crippen LogP contribution in [0.1, 0.15) is 38.5 Å². The SMILES string of the molecule is O=C1CN(C2CCC(OC3CCN(c4ccc(-c5nc6cc(F)c(F)cc6[nH]5)cn4)CC3)CC2)S(=O)(=O)N1. The number of piperidine rings is 1. The lowest BCUT2D eigenvalue weighted by molar-refractivity contribution is -0.118. The number of benzene rings is 1. The minimum atomic E-state index is -3.69. The van der Waals surface area contributed by atoms with Gasteiger partial charge in [0.25, 0.3) is 0 Å². The summed E-state index contributed by atoms with van der Waals surface area (Å²) >= 11 is 0. The Bertz CT molecular complexity index is 1410. The minimum Gasteiger partial charge on any atom is -0.375 e. The number of fused-ring (bicyclic) bond motifs is 1.